The van der Waals surface area contributed by atoms with E-state index in [0.717, 1.165) is 0 Å². The Morgan fingerprint density at radius 3 is 2.50 bits per heavy atom. The average Bonchev–Trinajstić information content (AvgIpc) is 2.46. The van der Waals surface area contributed by atoms with Gasteiger partial charge in [0, 0.05) is 5.92 Å². The van der Waals surface area contributed by atoms with Crippen LogP contribution in [-0.2, 0) is 4.74 Å². The fourth-order valence-corrected chi connectivity index (χ4v) is 1.69. The van der Waals surface area contributed by atoms with Gasteiger partial charge in [0.15, 0.2) is 0 Å². The van der Waals surface area contributed by atoms with E-state index in [4.69, 9.17) is 10.00 Å². The van der Waals surface area contributed by atoms with Gasteiger partial charge in [-0.25, -0.2) is 0 Å². The summed E-state index contributed by atoms with van der Waals surface area (Å²) in [4.78, 5) is 0. The molecule has 2 heteroatoms. The molecular formula is C8H9NO. The van der Waals surface area contributed by atoms with E-state index in [1.54, 1.807) is 0 Å². The van der Waals surface area contributed by atoms with Gasteiger partial charge in [0.2, 0.25) is 0 Å². The normalized spacial score (nSPS) is 49.6. The van der Waals surface area contributed by atoms with Crippen molar-refractivity contribution in [2.24, 2.45) is 11.8 Å². The largest absolute Gasteiger partial charge is 0.365 e. The van der Waals surface area contributed by atoms with Crippen molar-refractivity contribution in [1.82, 2.24) is 0 Å². The first-order chi connectivity index (χ1) is 4.83. The summed E-state index contributed by atoms with van der Waals surface area (Å²) in [5.74, 6) is 0.481. The van der Waals surface area contributed by atoms with Crippen LogP contribution in [0.2, 0.25) is 0 Å². The molecule has 10 heavy (non-hydrogen) atoms. The molecule has 4 atom stereocenters. The lowest BCUT2D eigenvalue weighted by molar-refractivity contribution is 0.107. The second kappa shape index (κ2) is 1.83. The topological polar surface area (TPSA) is 33.0 Å². The third-order valence-electron chi connectivity index (χ3n) is 2.39. The molecule has 2 bridgehead atoms. The maximum absolute atomic E-state index is 8.69. The zero-order chi connectivity index (χ0) is 7.14. The predicted octanol–water partition coefficient (Wildman–Crippen LogP) is 1.10. The second-order valence-electron chi connectivity index (χ2n) is 2.96. The summed E-state index contributed by atoms with van der Waals surface area (Å²) in [6.07, 6.45) is 4.36. The standard InChI is InChI=1S/C8H9NO/c1-5-6(4-9)8-3-2-7(5)10-8/h2-3,5-8H,1H3. The number of nitriles is 1. The third-order valence-corrected chi connectivity index (χ3v) is 2.39. The van der Waals surface area contributed by atoms with Gasteiger partial charge in [0.1, 0.15) is 0 Å². The highest BCUT2D eigenvalue weighted by atomic mass is 16.5. The van der Waals surface area contributed by atoms with Gasteiger partial charge in [-0.1, -0.05) is 19.1 Å². The Bertz CT molecular complexity index is 216. The monoisotopic (exact) mass is 135 g/mol. The molecule has 2 nitrogen and oxygen atoms in total. The Kier molecular flexibility index (Phi) is 1.09. The lowest BCUT2D eigenvalue weighted by Crippen LogP contribution is -2.19. The van der Waals surface area contributed by atoms with E-state index in [1.807, 2.05) is 6.08 Å². The number of hydrogen-bond acceptors (Lipinski definition) is 2. The summed E-state index contributed by atoms with van der Waals surface area (Å²) < 4.78 is 5.45. The zero-order valence-corrected chi connectivity index (χ0v) is 5.82. The van der Waals surface area contributed by atoms with Crippen molar-refractivity contribution >= 4 is 0 Å². The van der Waals surface area contributed by atoms with Crippen LogP contribution in [0.25, 0.3) is 0 Å². The minimum atomic E-state index is 0.0880. The van der Waals surface area contributed by atoms with Crippen molar-refractivity contribution in [1.29, 1.82) is 5.26 Å². The minimum Gasteiger partial charge on any atom is -0.365 e. The van der Waals surface area contributed by atoms with Crippen molar-refractivity contribution in [3.63, 3.8) is 0 Å². The molecule has 0 amide bonds. The van der Waals surface area contributed by atoms with Crippen molar-refractivity contribution < 1.29 is 4.74 Å². The Hall–Kier alpha value is -0.810. The van der Waals surface area contributed by atoms with Crippen LogP contribution in [0, 0.1) is 23.2 Å². The van der Waals surface area contributed by atoms with Crippen molar-refractivity contribution in [2.75, 3.05) is 0 Å². The Balaban J connectivity index is 2.28. The number of rotatable bonds is 0. The summed E-state index contributed by atoms with van der Waals surface area (Å²) in [7, 11) is 0. The molecule has 0 aromatic heterocycles. The molecule has 2 aliphatic rings. The summed E-state index contributed by atoms with van der Waals surface area (Å²) in [6.45, 7) is 2.07. The fourth-order valence-electron chi connectivity index (χ4n) is 1.69. The Morgan fingerprint density at radius 2 is 2.10 bits per heavy atom. The van der Waals surface area contributed by atoms with Gasteiger partial charge in [0.05, 0.1) is 24.2 Å². The SMILES string of the molecule is CC1C2C=CC(O2)C1C#N. The smallest absolute Gasteiger partial charge is 0.0926 e. The van der Waals surface area contributed by atoms with Gasteiger partial charge < -0.3 is 4.74 Å². The van der Waals surface area contributed by atoms with Crippen molar-refractivity contribution in [3.05, 3.63) is 12.2 Å². The number of hydrogen-bond donors (Lipinski definition) is 0. The minimum absolute atomic E-state index is 0.0880. The van der Waals surface area contributed by atoms with Gasteiger partial charge in [-0.15, -0.1) is 0 Å². The van der Waals surface area contributed by atoms with Gasteiger partial charge in [-0.2, -0.15) is 5.26 Å². The molecule has 0 spiro atoms. The van der Waals surface area contributed by atoms with Crippen LogP contribution in [0.4, 0.5) is 0 Å². The van der Waals surface area contributed by atoms with E-state index in [9.17, 15) is 0 Å². The van der Waals surface area contributed by atoms with Crippen LogP contribution >= 0.6 is 0 Å². The molecule has 0 aromatic rings. The lowest BCUT2D eigenvalue weighted by Gasteiger charge is -2.12. The molecular weight excluding hydrogens is 126 g/mol. The highest BCUT2D eigenvalue weighted by molar-refractivity contribution is 5.18. The summed E-state index contributed by atoms with van der Waals surface area (Å²) >= 11 is 0. The van der Waals surface area contributed by atoms with Gasteiger partial charge in [-0.05, 0) is 0 Å². The van der Waals surface area contributed by atoms with E-state index >= 15 is 0 Å². The third kappa shape index (κ3) is 0.559. The van der Waals surface area contributed by atoms with E-state index in [0.29, 0.717) is 5.92 Å². The van der Waals surface area contributed by atoms with Crippen molar-refractivity contribution in [2.45, 2.75) is 19.1 Å². The lowest BCUT2D eigenvalue weighted by atomic mass is 9.86. The molecule has 0 saturated carbocycles. The molecule has 52 valence electrons. The first kappa shape index (κ1) is 5.94. The van der Waals surface area contributed by atoms with E-state index in [2.05, 4.69) is 19.1 Å². The van der Waals surface area contributed by atoms with Gasteiger partial charge >= 0.3 is 0 Å². The van der Waals surface area contributed by atoms with E-state index < -0.39 is 0 Å². The molecule has 2 heterocycles. The molecule has 4 unspecified atom stereocenters. The van der Waals surface area contributed by atoms with E-state index in [1.165, 1.54) is 0 Å². The number of nitrogens with zero attached hydrogens (tertiary/aromatic N) is 1. The fraction of sp³-hybridized carbons (Fsp3) is 0.625. The van der Waals surface area contributed by atoms with Crippen LogP contribution in [-0.4, -0.2) is 12.2 Å². The Labute approximate surface area is 60.1 Å². The maximum Gasteiger partial charge on any atom is 0.0926 e. The predicted molar refractivity (Wildman–Crippen MR) is 36.1 cm³/mol. The highest BCUT2D eigenvalue weighted by Gasteiger charge is 2.43. The molecule has 1 saturated heterocycles. The highest BCUT2D eigenvalue weighted by Crippen LogP contribution is 2.37. The zero-order valence-electron chi connectivity index (χ0n) is 5.82. The van der Waals surface area contributed by atoms with Crippen LogP contribution in [0.5, 0.6) is 0 Å². The summed E-state index contributed by atoms with van der Waals surface area (Å²) in [6, 6.07) is 2.27. The molecule has 0 aromatic carbocycles. The molecule has 0 N–H and O–H groups in total. The first-order valence-corrected chi connectivity index (χ1v) is 3.56. The second-order valence-corrected chi connectivity index (χ2v) is 2.96. The molecule has 0 aliphatic carbocycles. The summed E-state index contributed by atoms with van der Waals surface area (Å²) in [5, 5.41) is 8.69. The number of ether oxygens (including phenoxy) is 1. The van der Waals surface area contributed by atoms with Crippen LogP contribution in [0.3, 0.4) is 0 Å². The molecule has 1 fully saturated rings. The first-order valence-electron chi connectivity index (χ1n) is 3.56. The summed E-state index contributed by atoms with van der Waals surface area (Å²) in [5.41, 5.74) is 0. The molecule has 0 radical (unpaired) electrons. The number of fused-ring (bicyclic) bond motifs is 2. The van der Waals surface area contributed by atoms with Crippen LogP contribution in [0.1, 0.15) is 6.92 Å². The average molecular weight is 135 g/mol. The molecule has 2 rings (SSSR count). The van der Waals surface area contributed by atoms with Gasteiger partial charge in [-0.3, -0.25) is 0 Å². The van der Waals surface area contributed by atoms with Gasteiger partial charge in [0.25, 0.3) is 0 Å². The van der Waals surface area contributed by atoms with Crippen molar-refractivity contribution in [3.8, 4) is 6.07 Å². The maximum atomic E-state index is 8.69. The van der Waals surface area contributed by atoms with E-state index in [-0.39, 0.29) is 18.1 Å². The van der Waals surface area contributed by atoms with Crippen LogP contribution in [0.15, 0.2) is 12.2 Å². The quantitative estimate of drug-likeness (QED) is 0.466. The van der Waals surface area contributed by atoms with Crippen LogP contribution < -0.4 is 0 Å². The Morgan fingerprint density at radius 1 is 1.40 bits per heavy atom. The molecule has 2 aliphatic heterocycles.